The van der Waals surface area contributed by atoms with E-state index < -0.39 is 0 Å². The van der Waals surface area contributed by atoms with E-state index >= 15 is 0 Å². The number of phenolic OH excluding ortho intramolecular Hbond substituents is 1. The highest BCUT2D eigenvalue weighted by molar-refractivity contribution is 7.22. The van der Waals surface area contributed by atoms with Crippen LogP contribution in [0.1, 0.15) is 0 Å². The van der Waals surface area contributed by atoms with Crippen molar-refractivity contribution in [3.8, 4) is 11.5 Å². The van der Waals surface area contributed by atoms with Crippen LogP contribution in [0.25, 0.3) is 10.2 Å². The van der Waals surface area contributed by atoms with Gasteiger partial charge in [0.25, 0.3) is 0 Å². The van der Waals surface area contributed by atoms with E-state index in [9.17, 15) is 9.90 Å². The SMILES string of the molecule is COc1ccc2nc(N3CC(C(=O)N4CCN(c5ccccc5O)CC4)C3)sc2c1. The molecule has 156 valence electrons. The Morgan fingerprint density at radius 2 is 1.87 bits per heavy atom. The zero-order valence-corrected chi connectivity index (χ0v) is 17.6. The standard InChI is InChI=1S/C22H24N4O3S/c1-29-16-6-7-17-20(12-16)30-22(23-17)26-13-15(14-26)21(28)25-10-8-24(9-11-25)18-4-2-3-5-19(18)27/h2-7,12,15,27H,8-11,13-14H2,1H3. The molecule has 1 aromatic heterocycles. The zero-order valence-electron chi connectivity index (χ0n) is 16.8. The number of nitrogens with zero attached hydrogens (tertiary/aromatic N) is 4. The van der Waals surface area contributed by atoms with Crippen LogP contribution in [0.3, 0.4) is 0 Å². The Balaban J connectivity index is 1.17. The van der Waals surface area contributed by atoms with E-state index in [4.69, 9.17) is 9.72 Å². The van der Waals surface area contributed by atoms with Crippen LogP contribution in [0.4, 0.5) is 10.8 Å². The van der Waals surface area contributed by atoms with Gasteiger partial charge in [-0.1, -0.05) is 23.5 Å². The number of hydrogen-bond acceptors (Lipinski definition) is 7. The Morgan fingerprint density at radius 1 is 1.10 bits per heavy atom. The fourth-order valence-corrected chi connectivity index (χ4v) is 5.12. The molecule has 0 spiro atoms. The first-order chi connectivity index (χ1) is 14.6. The van der Waals surface area contributed by atoms with Crippen LogP contribution in [0.2, 0.25) is 0 Å². The average Bonchev–Trinajstić information content (AvgIpc) is 3.15. The Hall–Kier alpha value is -3.00. The van der Waals surface area contributed by atoms with Crippen molar-refractivity contribution >= 4 is 38.3 Å². The van der Waals surface area contributed by atoms with Crippen molar-refractivity contribution in [1.29, 1.82) is 0 Å². The van der Waals surface area contributed by atoms with Gasteiger partial charge >= 0.3 is 0 Å². The Kier molecular flexibility index (Phi) is 4.86. The highest BCUT2D eigenvalue weighted by atomic mass is 32.1. The number of aromatic nitrogens is 1. The van der Waals surface area contributed by atoms with Gasteiger partial charge in [0.2, 0.25) is 5.91 Å². The summed E-state index contributed by atoms with van der Waals surface area (Å²) in [6.45, 7) is 4.28. The fourth-order valence-electron chi connectivity index (χ4n) is 4.10. The van der Waals surface area contributed by atoms with E-state index in [0.29, 0.717) is 18.8 Å². The summed E-state index contributed by atoms with van der Waals surface area (Å²) in [5, 5.41) is 11.0. The third kappa shape index (κ3) is 3.41. The van der Waals surface area contributed by atoms with Crippen LogP contribution in [-0.2, 0) is 4.79 Å². The summed E-state index contributed by atoms with van der Waals surface area (Å²) in [4.78, 5) is 23.9. The molecular formula is C22H24N4O3S. The van der Waals surface area contributed by atoms with E-state index in [-0.39, 0.29) is 11.8 Å². The van der Waals surface area contributed by atoms with Gasteiger partial charge in [-0.05, 0) is 30.3 Å². The molecule has 7 nitrogen and oxygen atoms in total. The normalized spacial score (nSPS) is 17.3. The number of thiazole rings is 1. The van der Waals surface area contributed by atoms with E-state index in [0.717, 1.165) is 53.0 Å². The Bertz CT molecular complexity index is 1070. The maximum atomic E-state index is 12.9. The molecule has 0 unspecified atom stereocenters. The highest BCUT2D eigenvalue weighted by Crippen LogP contribution is 2.35. The first kappa shape index (κ1) is 19.0. The van der Waals surface area contributed by atoms with Crippen molar-refractivity contribution in [3.63, 3.8) is 0 Å². The highest BCUT2D eigenvalue weighted by Gasteiger charge is 2.37. The number of ether oxygens (including phenoxy) is 1. The molecule has 8 heteroatoms. The lowest BCUT2D eigenvalue weighted by atomic mass is 9.99. The largest absolute Gasteiger partial charge is 0.506 e. The van der Waals surface area contributed by atoms with Gasteiger partial charge in [0.05, 0.1) is 28.9 Å². The molecule has 2 fully saturated rings. The molecule has 1 N–H and O–H groups in total. The maximum Gasteiger partial charge on any atom is 0.229 e. The number of piperazine rings is 1. The number of anilines is 2. The topological polar surface area (TPSA) is 69.1 Å². The number of phenols is 1. The quantitative estimate of drug-likeness (QED) is 0.695. The van der Waals surface area contributed by atoms with Crippen molar-refractivity contribution < 1.29 is 14.6 Å². The Morgan fingerprint density at radius 3 is 2.60 bits per heavy atom. The second-order valence-electron chi connectivity index (χ2n) is 7.73. The molecule has 2 aliphatic rings. The first-order valence-corrected chi connectivity index (χ1v) is 11.0. The molecule has 2 aromatic carbocycles. The van der Waals surface area contributed by atoms with Crippen LogP contribution in [0.5, 0.6) is 11.5 Å². The lowest BCUT2D eigenvalue weighted by Crippen LogP contribution is -2.58. The molecule has 5 rings (SSSR count). The lowest BCUT2D eigenvalue weighted by Gasteiger charge is -2.43. The number of para-hydroxylation sites is 2. The minimum Gasteiger partial charge on any atom is -0.506 e. The van der Waals surface area contributed by atoms with Crippen LogP contribution in [0, 0.1) is 5.92 Å². The molecule has 1 amide bonds. The zero-order chi connectivity index (χ0) is 20.7. The molecule has 3 aromatic rings. The molecule has 2 saturated heterocycles. The number of amides is 1. The van der Waals surface area contributed by atoms with Gasteiger partial charge < -0.3 is 24.5 Å². The monoisotopic (exact) mass is 424 g/mol. The van der Waals surface area contributed by atoms with Crippen LogP contribution < -0.4 is 14.5 Å². The average molecular weight is 425 g/mol. The smallest absolute Gasteiger partial charge is 0.229 e. The van der Waals surface area contributed by atoms with Crippen LogP contribution in [-0.4, -0.2) is 67.3 Å². The molecule has 0 atom stereocenters. The maximum absolute atomic E-state index is 12.9. The van der Waals surface area contributed by atoms with Crippen molar-refractivity contribution in [2.75, 3.05) is 56.2 Å². The number of hydrogen-bond donors (Lipinski definition) is 1. The van der Waals surface area contributed by atoms with Crippen molar-refractivity contribution in [3.05, 3.63) is 42.5 Å². The second kappa shape index (κ2) is 7.68. The minimum atomic E-state index is 0.0308. The third-order valence-corrected chi connectivity index (χ3v) is 6.98. The molecule has 2 aliphatic heterocycles. The van der Waals surface area contributed by atoms with Gasteiger partial charge in [-0.3, -0.25) is 4.79 Å². The third-order valence-electron chi connectivity index (χ3n) is 5.90. The van der Waals surface area contributed by atoms with E-state index in [1.165, 1.54) is 0 Å². The van der Waals surface area contributed by atoms with Gasteiger partial charge in [0.15, 0.2) is 5.13 Å². The van der Waals surface area contributed by atoms with Gasteiger partial charge in [-0.15, -0.1) is 0 Å². The summed E-state index contributed by atoms with van der Waals surface area (Å²) in [6, 6.07) is 13.3. The number of benzene rings is 2. The molecule has 0 bridgehead atoms. The molecule has 0 radical (unpaired) electrons. The fraction of sp³-hybridized carbons (Fsp3) is 0.364. The summed E-state index contributed by atoms with van der Waals surface area (Å²) in [5.41, 5.74) is 1.80. The molecule has 3 heterocycles. The number of fused-ring (bicyclic) bond motifs is 1. The predicted octanol–water partition coefficient (Wildman–Crippen LogP) is 2.80. The molecular weight excluding hydrogens is 400 g/mol. The van der Waals surface area contributed by atoms with Gasteiger partial charge in [-0.25, -0.2) is 4.98 Å². The van der Waals surface area contributed by atoms with Crippen molar-refractivity contribution in [2.45, 2.75) is 0 Å². The minimum absolute atomic E-state index is 0.0308. The van der Waals surface area contributed by atoms with E-state index in [1.54, 1.807) is 24.5 Å². The second-order valence-corrected chi connectivity index (χ2v) is 8.74. The van der Waals surface area contributed by atoms with Gasteiger partial charge in [0, 0.05) is 39.3 Å². The van der Waals surface area contributed by atoms with Crippen LogP contribution >= 0.6 is 11.3 Å². The number of carbonyl (C=O) groups excluding carboxylic acids is 1. The Labute approximate surface area is 179 Å². The number of rotatable bonds is 4. The van der Waals surface area contributed by atoms with E-state index in [1.807, 2.05) is 41.3 Å². The van der Waals surface area contributed by atoms with Crippen molar-refractivity contribution in [2.24, 2.45) is 5.92 Å². The summed E-state index contributed by atoms with van der Waals surface area (Å²) >= 11 is 1.64. The number of carbonyl (C=O) groups is 1. The summed E-state index contributed by atoms with van der Waals surface area (Å²) in [5.74, 6) is 1.38. The molecule has 0 aliphatic carbocycles. The first-order valence-electron chi connectivity index (χ1n) is 10.1. The summed E-state index contributed by atoms with van der Waals surface area (Å²) < 4.78 is 6.38. The molecule has 0 saturated carbocycles. The predicted molar refractivity (Wildman–Crippen MR) is 119 cm³/mol. The summed E-state index contributed by atoms with van der Waals surface area (Å²) in [7, 11) is 1.66. The van der Waals surface area contributed by atoms with Crippen LogP contribution in [0.15, 0.2) is 42.5 Å². The van der Waals surface area contributed by atoms with Gasteiger partial charge in [-0.2, -0.15) is 0 Å². The number of methoxy groups -OCH3 is 1. The lowest BCUT2D eigenvalue weighted by molar-refractivity contribution is -0.136. The number of aromatic hydroxyl groups is 1. The van der Waals surface area contributed by atoms with Crippen molar-refractivity contribution in [1.82, 2.24) is 9.88 Å². The summed E-state index contributed by atoms with van der Waals surface area (Å²) in [6.07, 6.45) is 0. The van der Waals surface area contributed by atoms with Gasteiger partial charge in [0.1, 0.15) is 11.5 Å². The van der Waals surface area contributed by atoms with E-state index in [2.05, 4.69) is 9.80 Å². The molecule has 30 heavy (non-hydrogen) atoms.